The van der Waals surface area contributed by atoms with Gasteiger partial charge < -0.3 is 24.7 Å². The first kappa shape index (κ1) is 17.9. The zero-order chi connectivity index (χ0) is 19.2. The van der Waals surface area contributed by atoms with Crippen LogP contribution in [0.1, 0.15) is 11.1 Å². The molecule has 2 N–H and O–H groups in total. The zero-order valence-corrected chi connectivity index (χ0v) is 15.4. The van der Waals surface area contributed by atoms with Crippen molar-refractivity contribution in [2.24, 2.45) is 0 Å². The first-order chi connectivity index (χ1) is 13.8. The van der Waals surface area contributed by atoms with E-state index in [-0.39, 0.29) is 12.1 Å². The van der Waals surface area contributed by atoms with Gasteiger partial charge in [-0.05, 0) is 23.3 Å². The van der Waals surface area contributed by atoms with Crippen molar-refractivity contribution in [2.75, 3.05) is 13.2 Å². The van der Waals surface area contributed by atoms with Crippen LogP contribution in [-0.4, -0.2) is 34.8 Å². The highest BCUT2D eigenvalue weighted by Crippen LogP contribution is 2.30. The van der Waals surface area contributed by atoms with E-state index < -0.39 is 0 Å². The van der Waals surface area contributed by atoms with E-state index in [0.717, 1.165) is 17.9 Å². The van der Waals surface area contributed by atoms with Crippen LogP contribution >= 0.6 is 0 Å². The van der Waals surface area contributed by atoms with E-state index in [0.29, 0.717) is 25.4 Å². The molecule has 2 amide bonds. The number of fused-ring (bicyclic) bond motifs is 1. The maximum Gasteiger partial charge on any atom is 0.315 e. The number of aromatic nitrogens is 2. The maximum absolute atomic E-state index is 12.1. The number of carbonyl (C=O) groups is 1. The lowest BCUT2D eigenvalue weighted by molar-refractivity contribution is 0.0918. The van der Waals surface area contributed by atoms with Crippen LogP contribution in [0.15, 0.2) is 67.3 Å². The summed E-state index contributed by atoms with van der Waals surface area (Å²) >= 11 is 0. The summed E-state index contributed by atoms with van der Waals surface area (Å²) in [7, 11) is 0. The van der Waals surface area contributed by atoms with Crippen molar-refractivity contribution in [3.63, 3.8) is 0 Å². The van der Waals surface area contributed by atoms with Crippen molar-refractivity contribution in [2.45, 2.75) is 19.2 Å². The lowest BCUT2D eigenvalue weighted by Gasteiger charge is -2.26. The quantitative estimate of drug-likeness (QED) is 0.691. The van der Waals surface area contributed by atoms with Crippen molar-refractivity contribution in [3.05, 3.63) is 78.4 Å². The third kappa shape index (κ3) is 4.62. The molecule has 2 aromatic carbocycles. The fourth-order valence-corrected chi connectivity index (χ4v) is 2.97. The van der Waals surface area contributed by atoms with E-state index in [1.165, 1.54) is 5.56 Å². The summed E-state index contributed by atoms with van der Waals surface area (Å²) in [6.45, 7) is 2.03. The molecule has 1 atom stereocenters. The summed E-state index contributed by atoms with van der Waals surface area (Å²) in [5, 5.41) is 5.69. The van der Waals surface area contributed by atoms with Gasteiger partial charge in [-0.15, -0.1) is 0 Å². The number of rotatable bonds is 6. The van der Waals surface area contributed by atoms with Gasteiger partial charge in [-0.25, -0.2) is 9.78 Å². The minimum atomic E-state index is -0.232. The molecule has 0 saturated carbocycles. The van der Waals surface area contributed by atoms with Gasteiger partial charge in [0.25, 0.3) is 0 Å². The molecule has 0 aliphatic carbocycles. The lowest BCUT2D eigenvalue weighted by atomic mass is 10.1. The number of carbonyl (C=O) groups excluding carboxylic acids is 1. The second-order valence-electron chi connectivity index (χ2n) is 6.61. The van der Waals surface area contributed by atoms with E-state index in [1.807, 2.05) is 47.2 Å². The molecular weight excluding hydrogens is 356 g/mol. The zero-order valence-electron chi connectivity index (χ0n) is 15.4. The Labute approximate surface area is 163 Å². The van der Waals surface area contributed by atoms with Gasteiger partial charge in [0.05, 0.1) is 12.9 Å². The van der Waals surface area contributed by atoms with Crippen LogP contribution in [0, 0.1) is 0 Å². The van der Waals surface area contributed by atoms with Gasteiger partial charge in [-0.1, -0.05) is 36.4 Å². The van der Waals surface area contributed by atoms with E-state index in [9.17, 15) is 4.79 Å². The van der Waals surface area contributed by atoms with Gasteiger partial charge in [0.15, 0.2) is 17.6 Å². The molecule has 1 aliphatic rings. The normalized spacial score (nSPS) is 15.1. The number of imidazole rings is 1. The average molecular weight is 378 g/mol. The second kappa shape index (κ2) is 8.47. The Morgan fingerprint density at radius 1 is 1.07 bits per heavy atom. The Kier molecular flexibility index (Phi) is 5.42. The van der Waals surface area contributed by atoms with Gasteiger partial charge >= 0.3 is 6.03 Å². The number of ether oxygens (including phenoxy) is 2. The number of hydrogen-bond acceptors (Lipinski definition) is 4. The number of benzene rings is 2. The molecule has 0 fully saturated rings. The number of nitrogens with one attached hydrogen (secondary N) is 2. The topological polar surface area (TPSA) is 77.4 Å². The monoisotopic (exact) mass is 378 g/mol. The Hall–Kier alpha value is -3.48. The van der Waals surface area contributed by atoms with Gasteiger partial charge in [-0.3, -0.25) is 0 Å². The molecule has 3 aromatic rings. The van der Waals surface area contributed by atoms with Crippen molar-refractivity contribution >= 4 is 6.03 Å². The van der Waals surface area contributed by atoms with Crippen molar-refractivity contribution in [3.8, 4) is 11.5 Å². The molecule has 28 heavy (non-hydrogen) atoms. The molecule has 144 valence electrons. The summed E-state index contributed by atoms with van der Waals surface area (Å²) in [4.78, 5) is 16.1. The van der Waals surface area contributed by atoms with Crippen molar-refractivity contribution in [1.29, 1.82) is 0 Å². The van der Waals surface area contributed by atoms with Gasteiger partial charge in [0.1, 0.15) is 6.61 Å². The first-order valence-corrected chi connectivity index (χ1v) is 9.20. The van der Waals surface area contributed by atoms with Crippen LogP contribution in [0.5, 0.6) is 11.5 Å². The number of nitrogens with zero attached hydrogens (tertiary/aromatic N) is 2. The summed E-state index contributed by atoms with van der Waals surface area (Å²) in [5.74, 6) is 1.44. The molecule has 7 nitrogen and oxygen atoms in total. The Balaban J connectivity index is 1.19. The third-order valence-electron chi connectivity index (χ3n) is 4.46. The van der Waals surface area contributed by atoms with Crippen LogP contribution in [0.4, 0.5) is 4.79 Å². The first-order valence-electron chi connectivity index (χ1n) is 9.20. The van der Waals surface area contributed by atoms with Crippen LogP contribution in [-0.2, 0) is 13.1 Å². The molecule has 0 bridgehead atoms. The second-order valence-corrected chi connectivity index (χ2v) is 6.61. The summed E-state index contributed by atoms with van der Waals surface area (Å²) in [6, 6.07) is 15.4. The smallest absolute Gasteiger partial charge is 0.315 e. The molecule has 0 spiro atoms. The summed E-state index contributed by atoms with van der Waals surface area (Å²) in [5.41, 5.74) is 2.22. The Morgan fingerprint density at radius 3 is 2.64 bits per heavy atom. The van der Waals surface area contributed by atoms with Crippen molar-refractivity contribution in [1.82, 2.24) is 20.2 Å². The average Bonchev–Trinajstić information content (AvgIpc) is 3.24. The molecular formula is C21H22N4O3. The van der Waals surface area contributed by atoms with E-state index in [1.54, 1.807) is 12.5 Å². The minimum Gasteiger partial charge on any atom is -0.486 e. The number of amides is 2. The molecule has 7 heteroatoms. The highest BCUT2D eigenvalue weighted by Gasteiger charge is 2.20. The molecule has 1 unspecified atom stereocenters. The number of urea groups is 1. The molecule has 1 aliphatic heterocycles. The molecule has 0 radical (unpaired) electrons. The van der Waals surface area contributed by atoms with E-state index in [2.05, 4.69) is 27.8 Å². The predicted molar refractivity (Wildman–Crippen MR) is 104 cm³/mol. The summed E-state index contributed by atoms with van der Waals surface area (Å²) < 4.78 is 13.5. The number of para-hydroxylation sites is 2. The number of hydrogen-bond donors (Lipinski definition) is 2. The van der Waals surface area contributed by atoms with Gasteiger partial charge in [0.2, 0.25) is 0 Å². The third-order valence-corrected chi connectivity index (χ3v) is 4.46. The van der Waals surface area contributed by atoms with Gasteiger partial charge in [-0.2, -0.15) is 0 Å². The van der Waals surface area contributed by atoms with Crippen LogP contribution in [0.3, 0.4) is 0 Å². The lowest BCUT2D eigenvalue weighted by Crippen LogP contribution is -2.44. The SMILES string of the molecule is O=C(NCc1ccc(Cn2ccnc2)cc1)NCC1COc2ccccc2O1. The molecule has 0 saturated heterocycles. The fraction of sp³-hybridized carbons (Fsp3) is 0.238. The van der Waals surface area contributed by atoms with Crippen LogP contribution in [0.2, 0.25) is 0 Å². The van der Waals surface area contributed by atoms with E-state index in [4.69, 9.17) is 9.47 Å². The summed E-state index contributed by atoms with van der Waals surface area (Å²) in [6.07, 6.45) is 5.28. The van der Waals surface area contributed by atoms with Crippen LogP contribution < -0.4 is 20.1 Å². The Bertz CT molecular complexity index is 910. The Morgan fingerprint density at radius 2 is 1.86 bits per heavy atom. The maximum atomic E-state index is 12.1. The minimum absolute atomic E-state index is 0.205. The predicted octanol–water partition coefficient (Wildman–Crippen LogP) is 2.57. The van der Waals surface area contributed by atoms with E-state index >= 15 is 0 Å². The largest absolute Gasteiger partial charge is 0.486 e. The molecule has 1 aromatic heterocycles. The van der Waals surface area contributed by atoms with Crippen molar-refractivity contribution < 1.29 is 14.3 Å². The molecule has 2 heterocycles. The standard InChI is InChI=1S/C21H22N4O3/c26-21(24-12-18-14-27-19-3-1-2-4-20(19)28-18)23-11-16-5-7-17(8-6-16)13-25-10-9-22-15-25/h1-10,15,18H,11-14H2,(H2,23,24,26). The fourth-order valence-electron chi connectivity index (χ4n) is 2.97. The van der Waals surface area contributed by atoms with Gasteiger partial charge in [0, 0.05) is 25.5 Å². The highest BCUT2D eigenvalue weighted by molar-refractivity contribution is 5.73. The molecule has 4 rings (SSSR count). The van der Waals surface area contributed by atoms with Crippen LogP contribution in [0.25, 0.3) is 0 Å². The highest BCUT2D eigenvalue weighted by atomic mass is 16.6.